The number of benzene rings is 2. The highest BCUT2D eigenvalue weighted by Gasteiger charge is 2.38. The Balaban J connectivity index is 0.000000604. The van der Waals surface area contributed by atoms with Crippen molar-refractivity contribution in [1.82, 2.24) is 15.6 Å². The van der Waals surface area contributed by atoms with Crippen LogP contribution < -0.4 is 10.6 Å². The number of halogens is 3. The van der Waals surface area contributed by atoms with E-state index in [0.29, 0.717) is 24.1 Å². The maximum atomic E-state index is 12.3. The molecule has 3 aromatic rings. The molecule has 0 spiro atoms. The summed E-state index contributed by atoms with van der Waals surface area (Å²) < 4.78 is 31.7. The second-order valence-electron chi connectivity index (χ2n) is 8.82. The number of aromatic nitrogens is 1. The molecule has 3 rings (SSSR count). The zero-order valence-electron chi connectivity index (χ0n) is 21.0. The fourth-order valence-corrected chi connectivity index (χ4v) is 3.36. The largest absolute Gasteiger partial charge is 0.490 e. The molecule has 1 atom stereocenters. The Hall–Kier alpha value is -3.72. The summed E-state index contributed by atoms with van der Waals surface area (Å²) in [5.74, 6) is -2.42. The maximum absolute atomic E-state index is 12.3. The van der Waals surface area contributed by atoms with Crippen molar-refractivity contribution in [3.8, 4) is 11.1 Å². The van der Waals surface area contributed by atoms with Crippen LogP contribution in [0.25, 0.3) is 11.1 Å². The third-order valence-corrected chi connectivity index (χ3v) is 5.36. The average Bonchev–Trinajstić information content (AvgIpc) is 2.88. The smallest absolute Gasteiger partial charge is 0.475 e. The molecule has 1 heterocycles. The third-order valence-electron chi connectivity index (χ3n) is 5.36. The van der Waals surface area contributed by atoms with E-state index in [9.17, 15) is 18.0 Å². The van der Waals surface area contributed by atoms with Gasteiger partial charge in [-0.25, -0.2) is 4.79 Å². The number of aliphatic carboxylic acids is 1. The van der Waals surface area contributed by atoms with Gasteiger partial charge in [-0.3, -0.25) is 9.78 Å². The monoisotopic (exact) mass is 515 g/mol. The first-order valence-corrected chi connectivity index (χ1v) is 11.9. The number of pyridine rings is 1. The second-order valence-corrected chi connectivity index (χ2v) is 8.82. The normalized spacial score (nSPS) is 11.9. The molecule has 0 fully saturated rings. The molecule has 1 unspecified atom stereocenters. The van der Waals surface area contributed by atoms with E-state index in [1.807, 2.05) is 12.1 Å². The molecule has 0 aliphatic rings. The molecule has 9 heteroatoms. The van der Waals surface area contributed by atoms with E-state index < -0.39 is 12.1 Å². The fraction of sp³-hybridized carbons (Fsp3) is 0.321. The van der Waals surface area contributed by atoms with E-state index in [1.165, 1.54) is 11.1 Å². The zero-order chi connectivity index (χ0) is 27.4. The first-order valence-electron chi connectivity index (χ1n) is 11.9. The van der Waals surface area contributed by atoms with Crippen molar-refractivity contribution in [3.05, 3.63) is 89.7 Å². The van der Waals surface area contributed by atoms with Gasteiger partial charge in [0.25, 0.3) is 5.91 Å². The molecule has 1 amide bonds. The summed E-state index contributed by atoms with van der Waals surface area (Å²) in [6, 6.07) is 21.2. The van der Waals surface area contributed by atoms with Gasteiger partial charge >= 0.3 is 12.1 Å². The number of nitrogens with zero attached hydrogens (tertiary/aromatic N) is 1. The quantitative estimate of drug-likeness (QED) is 0.325. The molecule has 37 heavy (non-hydrogen) atoms. The van der Waals surface area contributed by atoms with Crippen LogP contribution in [0.1, 0.15) is 54.7 Å². The van der Waals surface area contributed by atoms with Gasteiger partial charge in [0, 0.05) is 37.1 Å². The van der Waals surface area contributed by atoms with Gasteiger partial charge in [-0.2, -0.15) is 13.2 Å². The summed E-state index contributed by atoms with van der Waals surface area (Å²) in [4.78, 5) is 25.5. The van der Waals surface area contributed by atoms with Gasteiger partial charge in [-0.1, -0.05) is 75.4 Å². The predicted molar refractivity (Wildman–Crippen MR) is 137 cm³/mol. The molecular weight excluding hydrogens is 483 g/mol. The molecule has 2 aromatic carbocycles. The van der Waals surface area contributed by atoms with Crippen LogP contribution in [-0.4, -0.2) is 34.7 Å². The lowest BCUT2D eigenvalue weighted by atomic mass is 10.0. The average molecular weight is 516 g/mol. The van der Waals surface area contributed by atoms with Gasteiger partial charge in [0.1, 0.15) is 0 Å². The van der Waals surface area contributed by atoms with E-state index >= 15 is 0 Å². The minimum Gasteiger partial charge on any atom is -0.475 e. The first kappa shape index (κ1) is 29.5. The number of alkyl halides is 3. The van der Waals surface area contributed by atoms with Crippen LogP contribution in [0, 0.1) is 5.92 Å². The van der Waals surface area contributed by atoms with Crippen molar-refractivity contribution in [3.63, 3.8) is 0 Å². The highest BCUT2D eigenvalue weighted by Crippen LogP contribution is 2.21. The molecule has 0 saturated heterocycles. The van der Waals surface area contributed by atoms with Gasteiger partial charge < -0.3 is 15.7 Å². The third kappa shape index (κ3) is 10.0. The number of hydrogen-bond donors (Lipinski definition) is 3. The van der Waals surface area contributed by atoms with Crippen molar-refractivity contribution in [2.24, 2.45) is 5.92 Å². The van der Waals surface area contributed by atoms with Crippen molar-refractivity contribution in [2.45, 2.75) is 46.0 Å². The minimum atomic E-state index is -5.08. The van der Waals surface area contributed by atoms with Crippen LogP contribution in [0.2, 0.25) is 0 Å². The Morgan fingerprint density at radius 1 is 0.973 bits per heavy atom. The number of nitrogens with one attached hydrogen (secondary N) is 2. The van der Waals surface area contributed by atoms with E-state index in [-0.39, 0.29) is 5.91 Å². The zero-order valence-corrected chi connectivity index (χ0v) is 21.0. The van der Waals surface area contributed by atoms with Crippen molar-refractivity contribution < 1.29 is 27.9 Å². The Morgan fingerprint density at radius 2 is 1.59 bits per heavy atom. The van der Waals surface area contributed by atoms with Gasteiger partial charge in [-0.05, 0) is 35.1 Å². The number of carbonyl (C=O) groups excluding carboxylic acids is 1. The van der Waals surface area contributed by atoms with Crippen LogP contribution in [0.5, 0.6) is 0 Å². The van der Waals surface area contributed by atoms with Crippen molar-refractivity contribution in [1.29, 1.82) is 0 Å². The Morgan fingerprint density at radius 3 is 2.14 bits per heavy atom. The van der Waals surface area contributed by atoms with Crippen LogP contribution in [0.3, 0.4) is 0 Å². The second kappa shape index (κ2) is 14.1. The number of carbonyl (C=O) groups is 2. The SMILES string of the molecule is CCC(NCc1ccc(-c2cncc(C(=O)NCC(C)C)c2)cc1)c1ccccc1.O=C(O)C(F)(F)F. The standard InChI is InChI=1S/C26H31N3O.C2HF3O2/c1-4-25(22-8-6-5-7-9-22)28-16-20-10-12-21(13-11-20)23-14-24(18-27-17-23)26(30)29-15-19(2)3;3-2(4,5)1(6)7/h5-14,17-19,25,28H,4,15-16H2,1-3H3,(H,29,30);(H,6,7). The molecule has 1 aromatic heterocycles. The summed E-state index contributed by atoms with van der Waals surface area (Å²) in [6.07, 6.45) is -0.625. The molecule has 0 aliphatic heterocycles. The molecule has 0 saturated carbocycles. The summed E-state index contributed by atoms with van der Waals surface area (Å²) in [6.45, 7) is 7.82. The van der Waals surface area contributed by atoms with Gasteiger partial charge in [-0.15, -0.1) is 0 Å². The van der Waals surface area contributed by atoms with E-state index in [2.05, 4.69) is 84.9 Å². The maximum Gasteiger partial charge on any atom is 0.490 e. The number of hydrogen-bond acceptors (Lipinski definition) is 4. The summed E-state index contributed by atoms with van der Waals surface area (Å²) in [5, 5.41) is 13.7. The van der Waals surface area contributed by atoms with Gasteiger partial charge in [0.2, 0.25) is 0 Å². The Kier molecular flexibility index (Phi) is 11.3. The lowest BCUT2D eigenvalue weighted by molar-refractivity contribution is -0.192. The highest BCUT2D eigenvalue weighted by atomic mass is 19.4. The molecule has 6 nitrogen and oxygen atoms in total. The van der Waals surface area contributed by atoms with E-state index in [4.69, 9.17) is 9.90 Å². The predicted octanol–water partition coefficient (Wildman–Crippen LogP) is 6.01. The van der Waals surface area contributed by atoms with Crippen LogP contribution >= 0.6 is 0 Å². The Labute approximate surface area is 214 Å². The highest BCUT2D eigenvalue weighted by molar-refractivity contribution is 5.95. The topological polar surface area (TPSA) is 91.3 Å². The molecule has 198 valence electrons. The fourth-order valence-electron chi connectivity index (χ4n) is 3.36. The van der Waals surface area contributed by atoms with Crippen LogP contribution in [0.4, 0.5) is 13.2 Å². The number of amides is 1. The molecule has 3 N–H and O–H groups in total. The minimum absolute atomic E-state index is 0.0783. The molecule has 0 aliphatic carbocycles. The van der Waals surface area contributed by atoms with Gasteiger partial charge in [0.05, 0.1) is 5.56 Å². The van der Waals surface area contributed by atoms with Crippen LogP contribution in [-0.2, 0) is 11.3 Å². The van der Waals surface area contributed by atoms with E-state index in [0.717, 1.165) is 24.1 Å². The summed E-state index contributed by atoms with van der Waals surface area (Å²) >= 11 is 0. The number of rotatable bonds is 9. The van der Waals surface area contributed by atoms with Crippen LogP contribution in [0.15, 0.2) is 73.1 Å². The first-order chi connectivity index (χ1) is 17.5. The molecule has 0 radical (unpaired) electrons. The van der Waals surface area contributed by atoms with Gasteiger partial charge in [0.15, 0.2) is 0 Å². The number of carboxylic acid groups (broad SMARTS) is 1. The Bertz CT molecular complexity index is 1130. The van der Waals surface area contributed by atoms with Crippen molar-refractivity contribution in [2.75, 3.05) is 6.54 Å². The summed E-state index contributed by atoms with van der Waals surface area (Å²) in [7, 11) is 0. The lowest BCUT2D eigenvalue weighted by Gasteiger charge is -2.17. The molecule has 0 bridgehead atoms. The summed E-state index contributed by atoms with van der Waals surface area (Å²) in [5.41, 5.74) is 5.14. The lowest BCUT2D eigenvalue weighted by Crippen LogP contribution is -2.27. The van der Waals surface area contributed by atoms with E-state index in [1.54, 1.807) is 12.4 Å². The number of carboxylic acids is 1. The molecular formula is C28H32F3N3O3. The van der Waals surface area contributed by atoms with Crippen molar-refractivity contribution >= 4 is 11.9 Å².